The first-order valence-corrected chi connectivity index (χ1v) is 5.99. The standard InChI is InChI=1S/C9H18O2Si/c1-10-8-5-3-6(7(12)4-5)9(8)11-2/h5-9H,3-4H2,1-2,12H3. The Kier molecular flexibility index (Phi) is 2.27. The lowest BCUT2D eigenvalue weighted by atomic mass is 9.94. The molecule has 0 N–H and O–H groups in total. The van der Waals surface area contributed by atoms with Crippen LogP contribution in [0.4, 0.5) is 0 Å². The first-order chi connectivity index (χ1) is 5.77. The predicted octanol–water partition coefficient (Wildman–Crippen LogP) is 0.210. The second-order valence-electron chi connectivity index (χ2n) is 4.27. The van der Waals surface area contributed by atoms with Gasteiger partial charge < -0.3 is 9.47 Å². The monoisotopic (exact) mass is 186 g/mol. The lowest BCUT2D eigenvalue weighted by Gasteiger charge is -2.32. The van der Waals surface area contributed by atoms with Crippen LogP contribution in [0.25, 0.3) is 0 Å². The van der Waals surface area contributed by atoms with E-state index in [9.17, 15) is 0 Å². The summed E-state index contributed by atoms with van der Waals surface area (Å²) in [6, 6.07) is 0. The van der Waals surface area contributed by atoms with Crippen LogP contribution in [0, 0.1) is 11.8 Å². The molecule has 0 spiro atoms. The third-order valence-corrected chi connectivity index (χ3v) is 5.06. The predicted molar refractivity (Wildman–Crippen MR) is 51.5 cm³/mol. The van der Waals surface area contributed by atoms with Gasteiger partial charge in [-0.15, -0.1) is 0 Å². The summed E-state index contributed by atoms with van der Waals surface area (Å²) in [6.07, 6.45) is 3.54. The minimum absolute atomic E-state index is 0.394. The molecule has 0 aromatic carbocycles. The van der Waals surface area contributed by atoms with Crippen molar-refractivity contribution in [3.05, 3.63) is 0 Å². The zero-order valence-corrected chi connectivity index (χ0v) is 10.1. The summed E-state index contributed by atoms with van der Waals surface area (Å²) in [4.78, 5) is 0. The van der Waals surface area contributed by atoms with Crippen LogP contribution in [0.15, 0.2) is 0 Å². The smallest absolute Gasteiger partial charge is 0.0863 e. The summed E-state index contributed by atoms with van der Waals surface area (Å²) in [5.41, 5.74) is 0.978. The molecular weight excluding hydrogens is 168 g/mol. The van der Waals surface area contributed by atoms with E-state index in [0.717, 1.165) is 17.4 Å². The van der Waals surface area contributed by atoms with E-state index in [2.05, 4.69) is 0 Å². The molecule has 0 amide bonds. The highest BCUT2D eigenvalue weighted by Crippen LogP contribution is 2.52. The van der Waals surface area contributed by atoms with Crippen molar-refractivity contribution < 1.29 is 9.47 Å². The van der Waals surface area contributed by atoms with Crippen LogP contribution in [-0.2, 0) is 9.47 Å². The van der Waals surface area contributed by atoms with Crippen molar-refractivity contribution in [3.63, 3.8) is 0 Å². The first-order valence-electron chi connectivity index (χ1n) is 4.83. The van der Waals surface area contributed by atoms with Crippen molar-refractivity contribution in [2.75, 3.05) is 14.2 Å². The highest BCUT2D eigenvalue weighted by atomic mass is 28.1. The van der Waals surface area contributed by atoms with Crippen LogP contribution in [-0.4, -0.2) is 36.7 Å². The van der Waals surface area contributed by atoms with E-state index in [4.69, 9.17) is 9.47 Å². The fourth-order valence-corrected chi connectivity index (χ4v) is 4.46. The van der Waals surface area contributed by atoms with Gasteiger partial charge in [0, 0.05) is 24.5 Å². The van der Waals surface area contributed by atoms with Crippen LogP contribution in [0.2, 0.25) is 5.54 Å². The summed E-state index contributed by atoms with van der Waals surface area (Å²) in [5, 5.41) is 0. The third kappa shape index (κ3) is 1.07. The molecule has 2 fully saturated rings. The van der Waals surface area contributed by atoms with Crippen molar-refractivity contribution in [3.8, 4) is 0 Å². The van der Waals surface area contributed by atoms with E-state index in [1.165, 1.54) is 23.1 Å². The Morgan fingerprint density at radius 3 is 2.33 bits per heavy atom. The fraction of sp³-hybridized carbons (Fsp3) is 1.00. The number of hydrogen-bond donors (Lipinski definition) is 0. The highest BCUT2D eigenvalue weighted by molar-refractivity contribution is 6.12. The molecule has 2 aliphatic carbocycles. The second-order valence-corrected chi connectivity index (χ2v) is 5.76. The molecule has 2 nitrogen and oxygen atoms in total. The summed E-state index contributed by atoms with van der Waals surface area (Å²) in [7, 11) is 4.97. The van der Waals surface area contributed by atoms with Gasteiger partial charge in [0.1, 0.15) is 0 Å². The average Bonchev–Trinajstić information content (AvgIpc) is 2.58. The molecule has 0 aliphatic heterocycles. The quantitative estimate of drug-likeness (QED) is 0.574. The molecule has 5 unspecified atom stereocenters. The molecule has 12 heavy (non-hydrogen) atoms. The zero-order chi connectivity index (χ0) is 8.72. The highest BCUT2D eigenvalue weighted by Gasteiger charge is 2.51. The Morgan fingerprint density at radius 1 is 1.08 bits per heavy atom. The largest absolute Gasteiger partial charge is 0.378 e. The van der Waals surface area contributed by atoms with Crippen molar-refractivity contribution in [2.45, 2.75) is 30.6 Å². The maximum Gasteiger partial charge on any atom is 0.0863 e. The van der Waals surface area contributed by atoms with E-state index in [0.29, 0.717) is 12.2 Å². The van der Waals surface area contributed by atoms with Gasteiger partial charge in [0.15, 0.2) is 0 Å². The molecule has 0 heterocycles. The van der Waals surface area contributed by atoms with E-state index >= 15 is 0 Å². The van der Waals surface area contributed by atoms with E-state index in [1.54, 1.807) is 0 Å². The van der Waals surface area contributed by atoms with Crippen molar-refractivity contribution >= 4 is 10.2 Å². The molecule has 2 bridgehead atoms. The Bertz CT molecular complexity index is 172. The minimum atomic E-state index is 0.394. The van der Waals surface area contributed by atoms with Gasteiger partial charge in [-0.05, 0) is 30.2 Å². The van der Waals surface area contributed by atoms with Gasteiger partial charge in [-0.25, -0.2) is 0 Å². The lowest BCUT2D eigenvalue weighted by Crippen LogP contribution is -2.37. The Hall–Kier alpha value is 0.137. The number of rotatable bonds is 2. The van der Waals surface area contributed by atoms with E-state index in [-0.39, 0.29) is 0 Å². The normalized spacial score (nSPS) is 52.0. The first kappa shape index (κ1) is 8.72. The fourth-order valence-electron chi connectivity index (χ4n) is 3.20. The van der Waals surface area contributed by atoms with Crippen LogP contribution in [0.5, 0.6) is 0 Å². The van der Waals surface area contributed by atoms with Gasteiger partial charge in [-0.3, -0.25) is 0 Å². The molecule has 70 valence electrons. The van der Waals surface area contributed by atoms with Crippen molar-refractivity contribution in [1.82, 2.24) is 0 Å². The summed E-state index contributed by atoms with van der Waals surface area (Å²) < 4.78 is 11.0. The van der Waals surface area contributed by atoms with Gasteiger partial charge in [0.2, 0.25) is 0 Å². The van der Waals surface area contributed by atoms with Crippen LogP contribution in [0.3, 0.4) is 0 Å². The van der Waals surface area contributed by atoms with Gasteiger partial charge in [0.25, 0.3) is 0 Å². The molecule has 0 aromatic heterocycles. The molecule has 0 saturated heterocycles. The van der Waals surface area contributed by atoms with Crippen molar-refractivity contribution in [2.24, 2.45) is 11.8 Å². The molecule has 3 heteroatoms. The molecule has 2 saturated carbocycles. The lowest BCUT2D eigenvalue weighted by molar-refractivity contribution is -0.0635. The number of hydrogen-bond acceptors (Lipinski definition) is 2. The summed E-state index contributed by atoms with van der Waals surface area (Å²) in [5.74, 6) is 1.61. The van der Waals surface area contributed by atoms with Crippen LogP contribution < -0.4 is 0 Å². The number of methoxy groups -OCH3 is 2. The minimum Gasteiger partial charge on any atom is -0.378 e. The molecule has 0 radical (unpaired) electrons. The van der Waals surface area contributed by atoms with Gasteiger partial charge in [-0.2, -0.15) is 0 Å². The number of ether oxygens (including phenoxy) is 2. The summed E-state index contributed by atoms with van der Waals surface area (Å²) in [6.45, 7) is 0. The molecule has 2 rings (SSSR count). The Morgan fingerprint density at radius 2 is 1.75 bits per heavy atom. The van der Waals surface area contributed by atoms with E-state index < -0.39 is 0 Å². The molecular formula is C9H18O2Si. The zero-order valence-electron chi connectivity index (χ0n) is 8.12. The number of fused-ring (bicyclic) bond motifs is 2. The van der Waals surface area contributed by atoms with Crippen LogP contribution in [0.1, 0.15) is 12.8 Å². The average molecular weight is 186 g/mol. The third-order valence-electron chi connectivity index (χ3n) is 3.74. The van der Waals surface area contributed by atoms with E-state index in [1.807, 2.05) is 14.2 Å². The Balaban J connectivity index is 2.11. The van der Waals surface area contributed by atoms with Crippen molar-refractivity contribution in [1.29, 1.82) is 0 Å². The second kappa shape index (κ2) is 3.12. The topological polar surface area (TPSA) is 18.5 Å². The van der Waals surface area contributed by atoms with Gasteiger partial charge in [0.05, 0.1) is 12.2 Å². The summed E-state index contributed by atoms with van der Waals surface area (Å²) >= 11 is 0. The van der Waals surface area contributed by atoms with Gasteiger partial charge >= 0.3 is 0 Å². The maximum absolute atomic E-state index is 5.52. The molecule has 5 atom stereocenters. The Labute approximate surface area is 77.0 Å². The van der Waals surface area contributed by atoms with Gasteiger partial charge in [-0.1, -0.05) is 0 Å². The molecule has 0 aromatic rings. The maximum atomic E-state index is 5.52. The van der Waals surface area contributed by atoms with Crippen LogP contribution >= 0.6 is 0 Å². The SMILES string of the molecule is COC1C2CC([SiH3])C(C2)C1OC. The molecule has 2 aliphatic rings.